The van der Waals surface area contributed by atoms with Crippen LogP contribution < -0.4 is 10.1 Å². The standard InChI is InChI=1S/C25H29FN2O4/c1-4-5-14-32-15-6-13-28-24(29)22(18-8-10-19(26)11-9-18)23(25(28)30)27-20-16-17(2)7-12-21(20)31-3/h7-12,16,27H,4-6,13-15H2,1-3H3. The Labute approximate surface area is 188 Å². The van der Waals surface area contributed by atoms with Gasteiger partial charge in [0, 0.05) is 19.8 Å². The minimum atomic E-state index is -0.425. The fourth-order valence-electron chi connectivity index (χ4n) is 3.51. The minimum Gasteiger partial charge on any atom is -0.495 e. The lowest BCUT2D eigenvalue weighted by Crippen LogP contribution is -2.34. The number of anilines is 1. The summed E-state index contributed by atoms with van der Waals surface area (Å²) < 4.78 is 24.4. The summed E-state index contributed by atoms with van der Waals surface area (Å²) in [5.74, 6) is -0.706. The van der Waals surface area contributed by atoms with Crippen molar-refractivity contribution < 1.29 is 23.5 Å². The van der Waals surface area contributed by atoms with Crippen LogP contribution in [0.1, 0.15) is 37.3 Å². The van der Waals surface area contributed by atoms with Gasteiger partial charge in [0.05, 0.1) is 18.4 Å². The van der Waals surface area contributed by atoms with Gasteiger partial charge in [-0.25, -0.2) is 4.39 Å². The number of amides is 2. The van der Waals surface area contributed by atoms with Crippen LogP contribution in [0.5, 0.6) is 5.75 Å². The van der Waals surface area contributed by atoms with Gasteiger partial charge < -0.3 is 14.8 Å². The highest BCUT2D eigenvalue weighted by Crippen LogP contribution is 2.34. The van der Waals surface area contributed by atoms with Crippen LogP contribution in [0, 0.1) is 12.7 Å². The van der Waals surface area contributed by atoms with Gasteiger partial charge in [-0.2, -0.15) is 0 Å². The average Bonchev–Trinajstić information content (AvgIpc) is 3.01. The Balaban J connectivity index is 1.88. The first-order valence-corrected chi connectivity index (χ1v) is 10.8. The van der Waals surface area contributed by atoms with Crippen molar-refractivity contribution in [1.82, 2.24) is 4.90 Å². The molecule has 0 fully saturated rings. The van der Waals surface area contributed by atoms with Crippen LogP contribution in [0.25, 0.3) is 5.57 Å². The molecule has 0 atom stereocenters. The number of nitrogens with one attached hydrogen (secondary N) is 1. The van der Waals surface area contributed by atoms with Crippen LogP contribution in [0.2, 0.25) is 0 Å². The lowest BCUT2D eigenvalue weighted by molar-refractivity contribution is -0.137. The summed E-state index contributed by atoms with van der Waals surface area (Å²) in [6.07, 6.45) is 2.56. The van der Waals surface area contributed by atoms with E-state index in [0.29, 0.717) is 36.6 Å². The lowest BCUT2D eigenvalue weighted by atomic mass is 10.0. The monoisotopic (exact) mass is 440 g/mol. The smallest absolute Gasteiger partial charge is 0.278 e. The highest BCUT2D eigenvalue weighted by molar-refractivity contribution is 6.36. The summed E-state index contributed by atoms with van der Waals surface area (Å²) >= 11 is 0. The van der Waals surface area contributed by atoms with Crippen molar-refractivity contribution in [1.29, 1.82) is 0 Å². The molecule has 32 heavy (non-hydrogen) atoms. The Kier molecular flexibility index (Phi) is 8.00. The molecule has 1 aliphatic heterocycles. The number of nitrogens with zero attached hydrogens (tertiary/aromatic N) is 1. The number of aryl methyl sites for hydroxylation is 1. The lowest BCUT2D eigenvalue weighted by Gasteiger charge is -2.16. The van der Waals surface area contributed by atoms with E-state index in [2.05, 4.69) is 12.2 Å². The van der Waals surface area contributed by atoms with Crippen LogP contribution in [0.4, 0.5) is 10.1 Å². The van der Waals surface area contributed by atoms with Crippen LogP contribution in [-0.2, 0) is 14.3 Å². The molecular weight excluding hydrogens is 411 g/mol. The second-order valence-electron chi connectivity index (χ2n) is 7.67. The van der Waals surface area contributed by atoms with Crippen LogP contribution in [0.3, 0.4) is 0 Å². The van der Waals surface area contributed by atoms with Crippen molar-refractivity contribution in [2.24, 2.45) is 0 Å². The summed E-state index contributed by atoms with van der Waals surface area (Å²) in [6.45, 7) is 5.39. The summed E-state index contributed by atoms with van der Waals surface area (Å²) in [5, 5.41) is 3.11. The molecule has 0 saturated carbocycles. The molecule has 0 radical (unpaired) electrons. The summed E-state index contributed by atoms with van der Waals surface area (Å²) in [5.41, 5.74) is 2.38. The van der Waals surface area contributed by atoms with Crippen LogP contribution in [0.15, 0.2) is 48.2 Å². The molecule has 1 heterocycles. The topological polar surface area (TPSA) is 67.9 Å². The number of methoxy groups -OCH3 is 1. The van der Waals surface area contributed by atoms with Gasteiger partial charge in [0.15, 0.2) is 0 Å². The van der Waals surface area contributed by atoms with Gasteiger partial charge in [-0.3, -0.25) is 14.5 Å². The summed E-state index contributed by atoms with van der Waals surface area (Å²) in [4.78, 5) is 27.7. The molecule has 2 aromatic rings. The molecule has 0 spiro atoms. The molecule has 0 saturated heterocycles. The van der Waals surface area contributed by atoms with Crippen molar-refractivity contribution in [3.05, 3.63) is 65.1 Å². The summed E-state index contributed by atoms with van der Waals surface area (Å²) in [7, 11) is 1.54. The number of carbonyl (C=O) groups excluding carboxylic acids is 2. The maximum atomic E-state index is 13.5. The Morgan fingerprint density at radius 2 is 1.72 bits per heavy atom. The number of benzene rings is 2. The zero-order valence-corrected chi connectivity index (χ0v) is 18.7. The van der Waals surface area contributed by atoms with Gasteiger partial charge in [-0.1, -0.05) is 31.5 Å². The highest BCUT2D eigenvalue weighted by atomic mass is 19.1. The molecule has 1 aliphatic rings. The maximum Gasteiger partial charge on any atom is 0.278 e. The SMILES string of the molecule is CCCCOCCCN1C(=O)C(Nc2cc(C)ccc2OC)=C(c2ccc(F)cc2)C1=O. The number of halogens is 1. The molecule has 6 nitrogen and oxygen atoms in total. The van der Waals surface area contributed by atoms with E-state index < -0.39 is 17.6 Å². The number of hydrogen-bond acceptors (Lipinski definition) is 5. The number of rotatable bonds is 11. The van der Waals surface area contributed by atoms with Gasteiger partial charge in [0.25, 0.3) is 11.8 Å². The predicted octanol–water partition coefficient (Wildman–Crippen LogP) is 4.54. The van der Waals surface area contributed by atoms with E-state index in [9.17, 15) is 14.0 Å². The number of carbonyl (C=O) groups is 2. The molecule has 0 aliphatic carbocycles. The van der Waals surface area contributed by atoms with Crippen molar-refractivity contribution in [3.63, 3.8) is 0 Å². The van der Waals surface area contributed by atoms with Crippen molar-refractivity contribution in [2.45, 2.75) is 33.1 Å². The van der Waals surface area contributed by atoms with E-state index in [0.717, 1.165) is 18.4 Å². The zero-order valence-electron chi connectivity index (χ0n) is 18.7. The van der Waals surface area contributed by atoms with Crippen LogP contribution in [-0.4, -0.2) is 43.6 Å². The fourth-order valence-corrected chi connectivity index (χ4v) is 3.51. The molecule has 7 heteroatoms. The third-order valence-electron chi connectivity index (χ3n) is 5.23. The van der Waals surface area contributed by atoms with E-state index in [1.807, 2.05) is 19.1 Å². The Morgan fingerprint density at radius 1 is 1.00 bits per heavy atom. The van der Waals surface area contributed by atoms with Gasteiger partial charge in [-0.15, -0.1) is 0 Å². The number of ether oxygens (including phenoxy) is 2. The van der Waals surface area contributed by atoms with E-state index >= 15 is 0 Å². The van der Waals surface area contributed by atoms with Gasteiger partial charge >= 0.3 is 0 Å². The largest absolute Gasteiger partial charge is 0.495 e. The normalized spacial score (nSPS) is 13.8. The molecule has 2 aromatic carbocycles. The van der Waals surface area contributed by atoms with E-state index in [4.69, 9.17) is 9.47 Å². The first-order chi connectivity index (χ1) is 15.5. The van der Waals surface area contributed by atoms with Crippen molar-refractivity contribution in [3.8, 4) is 5.75 Å². The molecule has 3 rings (SSSR count). The Morgan fingerprint density at radius 3 is 2.41 bits per heavy atom. The quantitative estimate of drug-likeness (QED) is 0.410. The van der Waals surface area contributed by atoms with Gasteiger partial charge in [0.1, 0.15) is 17.3 Å². The molecule has 1 N–H and O–H groups in total. The Bertz CT molecular complexity index is 1000. The van der Waals surface area contributed by atoms with Gasteiger partial charge in [-0.05, 0) is 55.2 Å². The van der Waals surface area contributed by atoms with Crippen LogP contribution >= 0.6 is 0 Å². The van der Waals surface area contributed by atoms with E-state index in [1.54, 1.807) is 6.07 Å². The van der Waals surface area contributed by atoms with E-state index in [1.165, 1.54) is 36.3 Å². The number of hydrogen-bond donors (Lipinski definition) is 1. The fraction of sp³-hybridized carbons (Fsp3) is 0.360. The summed E-state index contributed by atoms with van der Waals surface area (Å²) in [6, 6.07) is 11.1. The highest BCUT2D eigenvalue weighted by Gasteiger charge is 2.39. The van der Waals surface area contributed by atoms with Crippen molar-refractivity contribution in [2.75, 3.05) is 32.2 Å². The minimum absolute atomic E-state index is 0.150. The predicted molar refractivity (Wildman–Crippen MR) is 122 cm³/mol. The first kappa shape index (κ1) is 23.5. The molecule has 2 amide bonds. The van der Waals surface area contributed by atoms with Gasteiger partial charge in [0.2, 0.25) is 0 Å². The third kappa shape index (κ3) is 5.34. The number of imide groups is 1. The molecule has 0 bridgehead atoms. The molecular formula is C25H29FN2O4. The van der Waals surface area contributed by atoms with Crippen molar-refractivity contribution >= 4 is 23.1 Å². The second-order valence-corrected chi connectivity index (χ2v) is 7.67. The first-order valence-electron chi connectivity index (χ1n) is 10.8. The molecule has 170 valence electrons. The Hall–Kier alpha value is -3.19. The molecule has 0 unspecified atom stereocenters. The average molecular weight is 441 g/mol. The second kappa shape index (κ2) is 10.9. The van der Waals surface area contributed by atoms with E-state index in [-0.39, 0.29) is 17.8 Å². The third-order valence-corrected chi connectivity index (χ3v) is 5.23. The zero-order chi connectivity index (χ0) is 23.1. The maximum absolute atomic E-state index is 13.5. The number of unbranched alkanes of at least 4 members (excludes halogenated alkanes) is 1. The molecule has 0 aromatic heterocycles.